The van der Waals surface area contributed by atoms with Gasteiger partial charge in [0.25, 0.3) is 5.56 Å². The van der Waals surface area contributed by atoms with Gasteiger partial charge < -0.3 is 23.8 Å². The number of aromatic nitrogens is 2. The summed E-state index contributed by atoms with van der Waals surface area (Å²) in [6.07, 6.45) is -1.36. The van der Waals surface area contributed by atoms with E-state index >= 15 is 0 Å². The molecule has 4 rings (SSSR count). The molecule has 13 heteroatoms. The molecule has 232 valence electrons. The van der Waals surface area contributed by atoms with Crippen LogP contribution < -0.4 is 10.3 Å². The quantitative estimate of drug-likeness (QED) is 0.300. The number of hydrogen-bond donors (Lipinski definition) is 0. The Labute approximate surface area is 253 Å². The first-order valence-corrected chi connectivity index (χ1v) is 13.8. The fourth-order valence-corrected chi connectivity index (χ4v) is 4.47. The first-order chi connectivity index (χ1) is 20.9. The van der Waals surface area contributed by atoms with Gasteiger partial charge in [0, 0.05) is 20.1 Å². The van der Waals surface area contributed by atoms with Gasteiger partial charge in [-0.25, -0.2) is 24.2 Å². The summed E-state index contributed by atoms with van der Waals surface area (Å²) in [5, 5.41) is 0. The van der Waals surface area contributed by atoms with Crippen molar-refractivity contribution in [1.29, 1.82) is 0 Å². The third-order valence-electron chi connectivity index (χ3n) is 6.64. The average Bonchev–Trinajstić information content (AvgIpc) is 3.01. The molecule has 2 amide bonds. The molecular formula is C31H34N4O9. The molecule has 0 spiro atoms. The SMILES string of the molecule is COC(=O)c1nc(C2CN(C(=O)OC(C)(C)C)CCN2C(=O)OCc2ccccc2)n(C)c(=O)c1OC(=O)c1ccccc1. The molecule has 2 heterocycles. The number of hydrogen-bond acceptors (Lipinski definition) is 10. The Morgan fingerprint density at radius 1 is 0.909 bits per heavy atom. The second kappa shape index (κ2) is 13.4. The number of benzene rings is 2. The predicted octanol–water partition coefficient (Wildman–Crippen LogP) is 3.72. The number of amides is 2. The molecule has 1 unspecified atom stereocenters. The molecule has 0 bridgehead atoms. The molecule has 3 aromatic rings. The normalized spacial score (nSPS) is 14.9. The fraction of sp³-hybridized carbons (Fsp3) is 0.355. The van der Waals surface area contributed by atoms with Crippen molar-refractivity contribution in [3.63, 3.8) is 0 Å². The zero-order valence-corrected chi connectivity index (χ0v) is 25.1. The summed E-state index contributed by atoms with van der Waals surface area (Å²) < 4.78 is 22.4. The van der Waals surface area contributed by atoms with Gasteiger partial charge >= 0.3 is 24.1 Å². The van der Waals surface area contributed by atoms with E-state index < -0.39 is 52.8 Å². The molecule has 1 aromatic heterocycles. The van der Waals surface area contributed by atoms with E-state index in [1.54, 1.807) is 51.1 Å². The molecule has 0 aliphatic carbocycles. The first-order valence-electron chi connectivity index (χ1n) is 13.8. The number of piperazine rings is 1. The lowest BCUT2D eigenvalue weighted by atomic mass is 10.1. The van der Waals surface area contributed by atoms with Crippen LogP contribution in [0.25, 0.3) is 0 Å². The Morgan fingerprint density at radius 2 is 1.55 bits per heavy atom. The van der Waals surface area contributed by atoms with Gasteiger partial charge in [-0.15, -0.1) is 0 Å². The van der Waals surface area contributed by atoms with Crippen LogP contribution >= 0.6 is 0 Å². The molecule has 13 nitrogen and oxygen atoms in total. The lowest BCUT2D eigenvalue weighted by Crippen LogP contribution is -2.54. The standard InChI is InChI=1S/C31H34N4O9/c1-31(2,3)44-29(39)34-16-17-35(30(40)42-19-20-12-8-6-9-13-20)22(18-34)25-32-23(28(38)41-5)24(26(36)33(25)4)43-27(37)21-14-10-7-11-15-21/h6-15,22H,16-19H2,1-5H3. The van der Waals surface area contributed by atoms with E-state index in [2.05, 4.69) is 4.98 Å². The zero-order valence-electron chi connectivity index (χ0n) is 25.1. The third-order valence-corrected chi connectivity index (χ3v) is 6.64. The zero-order chi connectivity index (χ0) is 32.0. The molecule has 0 saturated carbocycles. The van der Waals surface area contributed by atoms with Crippen LogP contribution in [0.15, 0.2) is 65.5 Å². The number of methoxy groups -OCH3 is 1. The van der Waals surface area contributed by atoms with Gasteiger partial charge in [0.15, 0.2) is 5.69 Å². The molecular weight excluding hydrogens is 572 g/mol. The summed E-state index contributed by atoms with van der Waals surface area (Å²) in [6, 6.07) is 15.9. The minimum atomic E-state index is -1.06. The van der Waals surface area contributed by atoms with E-state index in [-0.39, 0.29) is 37.6 Å². The number of ether oxygens (including phenoxy) is 4. The highest BCUT2D eigenvalue weighted by Gasteiger charge is 2.39. The van der Waals surface area contributed by atoms with Gasteiger partial charge in [0.1, 0.15) is 24.1 Å². The first kappa shape index (κ1) is 31.7. The topological polar surface area (TPSA) is 147 Å². The maximum absolute atomic E-state index is 13.6. The van der Waals surface area contributed by atoms with Crippen molar-refractivity contribution >= 4 is 24.1 Å². The molecule has 1 saturated heterocycles. The minimum absolute atomic E-state index is 0.00566. The summed E-state index contributed by atoms with van der Waals surface area (Å²) in [5.41, 5.74) is -1.34. The number of carbonyl (C=O) groups excluding carboxylic acids is 4. The molecule has 0 N–H and O–H groups in total. The smallest absolute Gasteiger partial charge is 0.410 e. The van der Waals surface area contributed by atoms with Crippen LogP contribution in [0.1, 0.15) is 59.0 Å². The van der Waals surface area contributed by atoms with Crippen LogP contribution in [-0.2, 0) is 27.9 Å². The van der Waals surface area contributed by atoms with Crippen molar-refractivity contribution in [2.45, 2.75) is 39.0 Å². The third kappa shape index (κ3) is 7.41. The Hall–Kier alpha value is -5.20. The van der Waals surface area contributed by atoms with Crippen molar-refractivity contribution in [1.82, 2.24) is 19.4 Å². The van der Waals surface area contributed by atoms with E-state index in [1.807, 2.05) is 18.2 Å². The molecule has 44 heavy (non-hydrogen) atoms. The Bertz CT molecular complexity index is 1580. The van der Waals surface area contributed by atoms with Gasteiger partial charge in [-0.3, -0.25) is 14.3 Å². The van der Waals surface area contributed by atoms with E-state index in [4.69, 9.17) is 18.9 Å². The molecule has 1 atom stereocenters. The van der Waals surface area contributed by atoms with Crippen LogP contribution in [0, 0.1) is 0 Å². The molecule has 1 aliphatic rings. The van der Waals surface area contributed by atoms with Gasteiger partial charge in [-0.05, 0) is 38.5 Å². The van der Waals surface area contributed by atoms with E-state index in [9.17, 15) is 24.0 Å². The number of nitrogens with zero attached hydrogens (tertiary/aromatic N) is 4. The molecule has 0 radical (unpaired) electrons. The molecule has 2 aromatic carbocycles. The van der Waals surface area contributed by atoms with E-state index in [0.717, 1.165) is 17.2 Å². The van der Waals surface area contributed by atoms with Crippen LogP contribution in [0.3, 0.4) is 0 Å². The van der Waals surface area contributed by atoms with Crippen LogP contribution in [-0.4, -0.2) is 75.8 Å². The summed E-state index contributed by atoms with van der Waals surface area (Å²) in [4.78, 5) is 72.8. The summed E-state index contributed by atoms with van der Waals surface area (Å²) >= 11 is 0. The van der Waals surface area contributed by atoms with Crippen LogP contribution in [0.2, 0.25) is 0 Å². The second-order valence-electron chi connectivity index (χ2n) is 10.9. The van der Waals surface area contributed by atoms with Crippen LogP contribution in [0.4, 0.5) is 9.59 Å². The van der Waals surface area contributed by atoms with Crippen molar-refractivity contribution < 1.29 is 38.1 Å². The van der Waals surface area contributed by atoms with Crippen molar-refractivity contribution in [2.24, 2.45) is 7.05 Å². The molecule has 1 fully saturated rings. The second-order valence-corrected chi connectivity index (χ2v) is 10.9. The van der Waals surface area contributed by atoms with Gasteiger partial charge in [-0.1, -0.05) is 48.5 Å². The van der Waals surface area contributed by atoms with Crippen molar-refractivity contribution in [2.75, 3.05) is 26.7 Å². The Balaban J connectivity index is 1.74. The van der Waals surface area contributed by atoms with Crippen molar-refractivity contribution in [3.8, 4) is 5.75 Å². The summed E-state index contributed by atoms with van der Waals surface area (Å²) in [7, 11) is 2.44. The number of carbonyl (C=O) groups is 4. The highest BCUT2D eigenvalue weighted by Crippen LogP contribution is 2.28. The highest BCUT2D eigenvalue weighted by atomic mass is 16.6. The summed E-state index contributed by atoms with van der Waals surface area (Å²) in [5.74, 6) is -2.64. The summed E-state index contributed by atoms with van der Waals surface area (Å²) in [6.45, 7) is 5.13. The number of esters is 2. The number of rotatable bonds is 6. The Kier molecular flexibility index (Phi) is 9.67. The maximum Gasteiger partial charge on any atom is 0.410 e. The predicted molar refractivity (Wildman–Crippen MR) is 156 cm³/mol. The monoisotopic (exact) mass is 606 g/mol. The van der Waals surface area contributed by atoms with E-state index in [0.29, 0.717) is 0 Å². The lowest BCUT2D eigenvalue weighted by molar-refractivity contribution is -0.000884. The largest absolute Gasteiger partial charge is 0.464 e. The minimum Gasteiger partial charge on any atom is -0.464 e. The van der Waals surface area contributed by atoms with Crippen molar-refractivity contribution in [3.05, 3.63) is 93.7 Å². The highest BCUT2D eigenvalue weighted by molar-refractivity contribution is 5.94. The van der Waals surface area contributed by atoms with E-state index in [1.165, 1.54) is 29.0 Å². The lowest BCUT2D eigenvalue weighted by Gasteiger charge is -2.40. The maximum atomic E-state index is 13.6. The fourth-order valence-electron chi connectivity index (χ4n) is 4.47. The molecule has 1 aliphatic heterocycles. The van der Waals surface area contributed by atoms with Crippen LogP contribution in [0.5, 0.6) is 5.75 Å². The van der Waals surface area contributed by atoms with Gasteiger partial charge in [-0.2, -0.15) is 0 Å². The van der Waals surface area contributed by atoms with Gasteiger partial charge in [0.05, 0.1) is 19.2 Å². The van der Waals surface area contributed by atoms with Gasteiger partial charge in [0.2, 0.25) is 5.75 Å². The average molecular weight is 607 g/mol. The Morgan fingerprint density at radius 3 is 2.16 bits per heavy atom.